The quantitative estimate of drug-likeness (QED) is 0.678. The van der Waals surface area contributed by atoms with Gasteiger partial charge in [-0.2, -0.15) is 0 Å². The second kappa shape index (κ2) is 8.26. The third-order valence-corrected chi connectivity index (χ3v) is 4.53. The molecule has 1 aromatic rings. The van der Waals surface area contributed by atoms with Crippen LogP contribution in [0.2, 0.25) is 0 Å². The summed E-state index contributed by atoms with van der Waals surface area (Å²) in [4.78, 5) is 24.0. The van der Waals surface area contributed by atoms with E-state index in [1.54, 1.807) is 19.2 Å². The molecular formula is C18H25NO5. The van der Waals surface area contributed by atoms with Gasteiger partial charge in [-0.05, 0) is 49.9 Å². The molecule has 1 saturated carbocycles. The molecule has 24 heavy (non-hydrogen) atoms. The van der Waals surface area contributed by atoms with E-state index in [9.17, 15) is 14.7 Å². The summed E-state index contributed by atoms with van der Waals surface area (Å²) < 4.78 is 10.5. The van der Waals surface area contributed by atoms with Crippen molar-refractivity contribution in [1.29, 1.82) is 0 Å². The summed E-state index contributed by atoms with van der Waals surface area (Å²) >= 11 is 0. The Morgan fingerprint density at radius 2 is 2.04 bits per heavy atom. The molecule has 1 aliphatic carbocycles. The number of ether oxygens (including phenoxy) is 2. The lowest BCUT2D eigenvalue weighted by molar-refractivity contribution is -0.132. The SMILES string of the molecule is CCOCCC1(C(=O)Nc2cc(COC)cc(C(=O)O)c2)CCC1. The van der Waals surface area contributed by atoms with Gasteiger partial charge in [-0.3, -0.25) is 4.79 Å². The summed E-state index contributed by atoms with van der Waals surface area (Å²) in [6.45, 7) is 3.43. The van der Waals surface area contributed by atoms with Gasteiger partial charge in [-0.1, -0.05) is 6.42 Å². The molecule has 1 amide bonds. The normalized spacial score (nSPS) is 15.6. The van der Waals surface area contributed by atoms with E-state index in [0.29, 0.717) is 37.5 Å². The highest BCUT2D eigenvalue weighted by Gasteiger charge is 2.43. The fourth-order valence-corrected chi connectivity index (χ4v) is 3.01. The number of carbonyl (C=O) groups is 2. The van der Waals surface area contributed by atoms with E-state index in [1.165, 1.54) is 6.07 Å². The molecule has 0 aromatic heterocycles. The summed E-state index contributed by atoms with van der Waals surface area (Å²) in [6.07, 6.45) is 3.41. The molecule has 0 saturated heterocycles. The number of hydrogen-bond donors (Lipinski definition) is 2. The van der Waals surface area contributed by atoms with Crippen LogP contribution in [0.4, 0.5) is 5.69 Å². The molecule has 1 aliphatic rings. The minimum absolute atomic E-state index is 0.0561. The van der Waals surface area contributed by atoms with Crippen molar-refractivity contribution in [2.24, 2.45) is 5.41 Å². The van der Waals surface area contributed by atoms with E-state index in [-0.39, 0.29) is 11.5 Å². The highest BCUT2D eigenvalue weighted by Crippen LogP contribution is 2.45. The van der Waals surface area contributed by atoms with Gasteiger partial charge in [-0.15, -0.1) is 0 Å². The van der Waals surface area contributed by atoms with Crippen molar-refractivity contribution in [2.45, 2.75) is 39.2 Å². The number of hydrogen-bond acceptors (Lipinski definition) is 4. The Kier molecular flexibility index (Phi) is 6.34. The highest BCUT2D eigenvalue weighted by molar-refractivity contribution is 5.97. The number of amides is 1. The van der Waals surface area contributed by atoms with E-state index in [1.807, 2.05) is 6.92 Å². The van der Waals surface area contributed by atoms with Crippen molar-refractivity contribution >= 4 is 17.6 Å². The molecule has 1 aromatic carbocycles. The number of rotatable bonds is 9. The highest BCUT2D eigenvalue weighted by atomic mass is 16.5. The van der Waals surface area contributed by atoms with E-state index >= 15 is 0 Å². The maximum absolute atomic E-state index is 12.7. The van der Waals surface area contributed by atoms with Gasteiger partial charge in [0.1, 0.15) is 0 Å². The molecule has 0 atom stereocenters. The topological polar surface area (TPSA) is 84.9 Å². The lowest BCUT2D eigenvalue weighted by atomic mass is 9.66. The molecule has 0 bridgehead atoms. The number of nitrogens with one attached hydrogen (secondary N) is 1. The maximum atomic E-state index is 12.7. The fraction of sp³-hybridized carbons (Fsp3) is 0.556. The predicted octanol–water partition coefficient (Wildman–Crippen LogP) is 3.07. The van der Waals surface area contributed by atoms with E-state index in [0.717, 1.165) is 19.3 Å². The maximum Gasteiger partial charge on any atom is 0.335 e. The van der Waals surface area contributed by atoms with Gasteiger partial charge in [-0.25, -0.2) is 4.79 Å². The molecule has 0 spiro atoms. The van der Waals surface area contributed by atoms with Crippen molar-refractivity contribution in [3.63, 3.8) is 0 Å². The lowest BCUT2D eigenvalue weighted by Gasteiger charge is -2.40. The number of aromatic carboxylic acids is 1. The number of anilines is 1. The molecule has 2 rings (SSSR count). The molecule has 2 N–H and O–H groups in total. The first kappa shape index (κ1) is 18.4. The largest absolute Gasteiger partial charge is 0.478 e. The third kappa shape index (κ3) is 4.33. The zero-order valence-electron chi connectivity index (χ0n) is 14.3. The summed E-state index contributed by atoms with van der Waals surface area (Å²) in [5.41, 5.74) is 0.951. The second-order valence-electron chi connectivity index (χ2n) is 6.19. The third-order valence-electron chi connectivity index (χ3n) is 4.53. The first-order chi connectivity index (χ1) is 11.5. The van der Waals surface area contributed by atoms with Crippen LogP contribution >= 0.6 is 0 Å². The number of carboxylic acids is 1. The van der Waals surface area contributed by atoms with Gasteiger partial charge in [0.25, 0.3) is 0 Å². The summed E-state index contributed by atoms with van der Waals surface area (Å²) in [7, 11) is 1.54. The Balaban J connectivity index is 2.13. The lowest BCUT2D eigenvalue weighted by Crippen LogP contribution is -2.42. The monoisotopic (exact) mass is 335 g/mol. The standard InChI is InChI=1S/C18H25NO5/c1-3-24-8-7-18(5-4-6-18)17(22)19-15-10-13(12-23-2)9-14(11-15)16(20)21/h9-11H,3-8,12H2,1-2H3,(H,19,22)(H,20,21). The average Bonchev–Trinajstić information content (AvgIpc) is 2.50. The molecule has 6 heteroatoms. The van der Waals surface area contributed by atoms with E-state index < -0.39 is 11.4 Å². The number of carbonyl (C=O) groups excluding carboxylic acids is 1. The van der Waals surface area contributed by atoms with Crippen molar-refractivity contribution < 1.29 is 24.2 Å². The number of carboxylic acid groups (broad SMARTS) is 1. The first-order valence-electron chi connectivity index (χ1n) is 8.26. The Labute approximate surface area is 142 Å². The molecule has 6 nitrogen and oxygen atoms in total. The van der Waals surface area contributed by atoms with Crippen molar-refractivity contribution in [2.75, 3.05) is 25.6 Å². The molecular weight excluding hydrogens is 310 g/mol. The molecule has 0 heterocycles. The van der Waals surface area contributed by atoms with Crippen LogP contribution in [0, 0.1) is 5.41 Å². The summed E-state index contributed by atoms with van der Waals surface area (Å²) in [6, 6.07) is 4.78. The molecule has 0 unspecified atom stereocenters. The van der Waals surface area contributed by atoms with Gasteiger partial charge in [0, 0.05) is 26.0 Å². The molecule has 0 aliphatic heterocycles. The zero-order valence-corrected chi connectivity index (χ0v) is 14.3. The molecule has 132 valence electrons. The zero-order chi connectivity index (χ0) is 17.6. The summed E-state index contributed by atoms with van der Waals surface area (Å²) in [5, 5.41) is 12.1. The van der Waals surface area contributed by atoms with Gasteiger partial charge >= 0.3 is 5.97 Å². The van der Waals surface area contributed by atoms with Gasteiger partial charge in [0.2, 0.25) is 5.91 Å². The van der Waals surface area contributed by atoms with Gasteiger partial charge < -0.3 is 19.9 Å². The van der Waals surface area contributed by atoms with Crippen LogP contribution in [0.15, 0.2) is 18.2 Å². The average molecular weight is 335 g/mol. The Hall–Kier alpha value is -1.92. The molecule has 0 radical (unpaired) electrons. The Morgan fingerprint density at radius 1 is 1.29 bits per heavy atom. The van der Waals surface area contributed by atoms with Crippen LogP contribution in [0.3, 0.4) is 0 Å². The van der Waals surface area contributed by atoms with E-state index in [4.69, 9.17) is 9.47 Å². The summed E-state index contributed by atoms with van der Waals surface area (Å²) in [5.74, 6) is -1.09. The number of benzene rings is 1. The van der Waals surface area contributed by atoms with Crippen molar-refractivity contribution in [1.82, 2.24) is 0 Å². The second-order valence-corrected chi connectivity index (χ2v) is 6.19. The van der Waals surface area contributed by atoms with Crippen LogP contribution in [0.25, 0.3) is 0 Å². The Morgan fingerprint density at radius 3 is 2.58 bits per heavy atom. The van der Waals surface area contributed by atoms with Crippen LogP contribution in [-0.2, 0) is 20.9 Å². The molecule has 1 fully saturated rings. The first-order valence-corrected chi connectivity index (χ1v) is 8.26. The van der Waals surface area contributed by atoms with Crippen LogP contribution < -0.4 is 5.32 Å². The van der Waals surface area contributed by atoms with E-state index in [2.05, 4.69) is 5.32 Å². The minimum atomic E-state index is -1.03. The van der Waals surface area contributed by atoms with Crippen molar-refractivity contribution in [3.05, 3.63) is 29.3 Å². The minimum Gasteiger partial charge on any atom is -0.478 e. The predicted molar refractivity (Wildman–Crippen MR) is 90.1 cm³/mol. The van der Waals surface area contributed by atoms with Gasteiger partial charge in [0.05, 0.1) is 17.6 Å². The van der Waals surface area contributed by atoms with Crippen LogP contribution in [-0.4, -0.2) is 37.3 Å². The van der Waals surface area contributed by atoms with Crippen molar-refractivity contribution in [3.8, 4) is 0 Å². The number of methoxy groups -OCH3 is 1. The van der Waals surface area contributed by atoms with Crippen LogP contribution in [0.1, 0.15) is 48.5 Å². The smallest absolute Gasteiger partial charge is 0.335 e. The van der Waals surface area contributed by atoms with Crippen LogP contribution in [0.5, 0.6) is 0 Å². The van der Waals surface area contributed by atoms with Gasteiger partial charge in [0.15, 0.2) is 0 Å². The Bertz CT molecular complexity index is 595. The fourth-order valence-electron chi connectivity index (χ4n) is 3.01.